The monoisotopic (exact) mass is 438 g/mol. The second kappa shape index (κ2) is 7.81. The molecule has 0 spiro atoms. The van der Waals surface area contributed by atoms with Gasteiger partial charge in [0.15, 0.2) is 0 Å². The van der Waals surface area contributed by atoms with Crippen LogP contribution < -0.4 is 9.64 Å². The van der Waals surface area contributed by atoms with Crippen molar-refractivity contribution >= 4 is 11.6 Å². The number of anilines is 1. The second-order valence-corrected chi connectivity index (χ2v) is 8.48. The van der Waals surface area contributed by atoms with Crippen molar-refractivity contribution < 1.29 is 9.53 Å². The molecule has 4 aromatic rings. The summed E-state index contributed by atoms with van der Waals surface area (Å²) in [5.74, 6) is 0.689. The molecule has 6 rings (SSSR count). The van der Waals surface area contributed by atoms with Crippen molar-refractivity contribution in [2.45, 2.75) is 32.2 Å². The largest absolute Gasteiger partial charge is 0.474 e. The smallest absolute Gasteiger partial charge is 0.238 e. The predicted molar refractivity (Wildman–Crippen MR) is 122 cm³/mol. The Morgan fingerprint density at radius 3 is 2.64 bits per heavy atom. The first-order valence-electron chi connectivity index (χ1n) is 11.0. The third kappa shape index (κ3) is 3.53. The van der Waals surface area contributed by atoms with Crippen LogP contribution in [-0.2, 0) is 11.2 Å². The average molecular weight is 438 g/mol. The van der Waals surface area contributed by atoms with Gasteiger partial charge >= 0.3 is 0 Å². The summed E-state index contributed by atoms with van der Waals surface area (Å²) in [6, 6.07) is 14.4. The number of nitrogens with zero attached hydrogens (tertiary/aromatic N) is 6. The molecule has 0 bridgehead atoms. The minimum Gasteiger partial charge on any atom is -0.474 e. The number of hydrogen-bond acceptors (Lipinski definition) is 6. The van der Waals surface area contributed by atoms with Crippen LogP contribution in [0.1, 0.15) is 29.8 Å². The Bertz CT molecular complexity index is 1330. The van der Waals surface area contributed by atoms with Gasteiger partial charge in [0.1, 0.15) is 12.3 Å². The highest BCUT2D eigenvalue weighted by atomic mass is 16.5. The SMILES string of the molecule is Cc1cnnn1-c1ccc(-c2ccc(Cc3cnc4c(c3)N3C(=O)CC[C@H]3CO4)nc2)cc1. The standard InChI is InChI=1S/C25H22N6O2/c1-16-12-28-29-31(16)21-6-3-18(4-7-21)19-2-5-20(26-14-19)10-17-11-23-25(27-13-17)33-15-22-8-9-24(32)30(22)23/h2-7,11-14,22H,8-10,15H2,1H3/t22-/m0/s1. The number of pyridine rings is 2. The number of amides is 1. The Hall–Kier alpha value is -4.07. The molecule has 0 unspecified atom stereocenters. The lowest BCUT2D eigenvalue weighted by Crippen LogP contribution is -2.40. The molecule has 1 amide bonds. The Balaban J connectivity index is 1.20. The summed E-state index contributed by atoms with van der Waals surface area (Å²) in [6.07, 6.45) is 7.48. The van der Waals surface area contributed by atoms with E-state index in [1.807, 2.05) is 42.3 Å². The normalized spacial score (nSPS) is 16.9. The molecule has 1 fully saturated rings. The molecular weight excluding hydrogens is 416 g/mol. The maximum Gasteiger partial charge on any atom is 0.238 e. The molecule has 8 nitrogen and oxygen atoms in total. The van der Waals surface area contributed by atoms with Gasteiger partial charge in [0.25, 0.3) is 0 Å². The van der Waals surface area contributed by atoms with Crippen LogP contribution in [0.5, 0.6) is 5.88 Å². The Morgan fingerprint density at radius 1 is 1.03 bits per heavy atom. The molecule has 2 aliphatic heterocycles. The Morgan fingerprint density at radius 2 is 1.88 bits per heavy atom. The Kier molecular flexibility index (Phi) is 4.64. The van der Waals surface area contributed by atoms with Crippen molar-refractivity contribution in [3.63, 3.8) is 0 Å². The van der Waals surface area contributed by atoms with Gasteiger partial charge in [-0.05, 0) is 48.7 Å². The van der Waals surface area contributed by atoms with Gasteiger partial charge < -0.3 is 9.64 Å². The molecule has 3 aromatic heterocycles. The fourth-order valence-corrected chi connectivity index (χ4v) is 4.52. The highest BCUT2D eigenvalue weighted by Gasteiger charge is 2.38. The van der Waals surface area contributed by atoms with Crippen molar-refractivity contribution in [1.29, 1.82) is 0 Å². The van der Waals surface area contributed by atoms with E-state index < -0.39 is 0 Å². The number of rotatable bonds is 4. The lowest BCUT2D eigenvalue weighted by Gasteiger charge is -2.31. The first-order chi connectivity index (χ1) is 16.2. The maximum atomic E-state index is 12.3. The van der Waals surface area contributed by atoms with Gasteiger partial charge in [-0.1, -0.05) is 23.4 Å². The van der Waals surface area contributed by atoms with E-state index in [0.29, 0.717) is 25.3 Å². The number of ether oxygens (including phenoxy) is 1. The number of carbonyl (C=O) groups excluding carboxylic acids is 1. The van der Waals surface area contributed by atoms with Crippen LogP contribution in [0.4, 0.5) is 5.69 Å². The van der Waals surface area contributed by atoms with E-state index in [0.717, 1.165) is 45.9 Å². The second-order valence-electron chi connectivity index (χ2n) is 8.48. The van der Waals surface area contributed by atoms with Crippen molar-refractivity contribution in [1.82, 2.24) is 25.0 Å². The number of fused-ring (bicyclic) bond motifs is 3. The zero-order chi connectivity index (χ0) is 22.4. The molecule has 2 aliphatic rings. The molecule has 33 heavy (non-hydrogen) atoms. The minimum atomic E-state index is 0.124. The van der Waals surface area contributed by atoms with Crippen molar-refractivity contribution in [2.75, 3.05) is 11.5 Å². The number of carbonyl (C=O) groups is 1. The van der Waals surface area contributed by atoms with E-state index in [-0.39, 0.29) is 11.9 Å². The number of hydrogen-bond donors (Lipinski definition) is 0. The molecule has 0 radical (unpaired) electrons. The quantitative estimate of drug-likeness (QED) is 0.485. The van der Waals surface area contributed by atoms with Crippen LogP contribution in [0.15, 0.2) is 61.1 Å². The first kappa shape index (κ1) is 19.6. The molecule has 5 heterocycles. The topological polar surface area (TPSA) is 86.0 Å². The summed E-state index contributed by atoms with van der Waals surface area (Å²) >= 11 is 0. The zero-order valence-corrected chi connectivity index (χ0v) is 18.2. The van der Waals surface area contributed by atoms with Gasteiger partial charge in [0, 0.05) is 36.5 Å². The van der Waals surface area contributed by atoms with E-state index in [1.165, 1.54) is 0 Å². The van der Waals surface area contributed by atoms with E-state index >= 15 is 0 Å². The summed E-state index contributed by atoms with van der Waals surface area (Å²) in [5, 5.41) is 8.05. The fourth-order valence-electron chi connectivity index (χ4n) is 4.52. The summed E-state index contributed by atoms with van der Waals surface area (Å²) < 4.78 is 7.57. The molecular formula is C25H22N6O2. The summed E-state index contributed by atoms with van der Waals surface area (Å²) in [7, 11) is 0. The zero-order valence-electron chi connectivity index (χ0n) is 18.2. The van der Waals surface area contributed by atoms with E-state index in [4.69, 9.17) is 4.74 Å². The van der Waals surface area contributed by atoms with Crippen LogP contribution in [0.3, 0.4) is 0 Å². The molecule has 1 aromatic carbocycles. The maximum absolute atomic E-state index is 12.3. The van der Waals surface area contributed by atoms with Crippen LogP contribution >= 0.6 is 0 Å². The minimum absolute atomic E-state index is 0.124. The molecule has 1 atom stereocenters. The van der Waals surface area contributed by atoms with E-state index in [9.17, 15) is 4.79 Å². The lowest BCUT2D eigenvalue weighted by molar-refractivity contribution is -0.117. The number of aryl methyl sites for hydroxylation is 1. The van der Waals surface area contributed by atoms with E-state index in [2.05, 4.69) is 38.5 Å². The third-order valence-corrected chi connectivity index (χ3v) is 6.26. The van der Waals surface area contributed by atoms with Crippen molar-refractivity contribution in [3.8, 4) is 22.7 Å². The van der Waals surface area contributed by atoms with Crippen LogP contribution in [0.25, 0.3) is 16.8 Å². The molecule has 8 heteroatoms. The highest BCUT2D eigenvalue weighted by molar-refractivity contribution is 5.97. The average Bonchev–Trinajstić information content (AvgIpc) is 3.45. The van der Waals surface area contributed by atoms with Gasteiger partial charge in [-0.25, -0.2) is 9.67 Å². The van der Waals surface area contributed by atoms with Crippen molar-refractivity contribution in [3.05, 3.63) is 78.0 Å². The van der Waals surface area contributed by atoms with Gasteiger partial charge in [-0.3, -0.25) is 9.78 Å². The number of aromatic nitrogens is 5. The summed E-state index contributed by atoms with van der Waals surface area (Å²) in [5.41, 5.74) is 6.82. The molecule has 1 saturated heterocycles. The fraction of sp³-hybridized carbons (Fsp3) is 0.240. The van der Waals surface area contributed by atoms with E-state index in [1.54, 1.807) is 17.1 Å². The highest BCUT2D eigenvalue weighted by Crippen LogP contribution is 2.37. The molecule has 0 aliphatic carbocycles. The molecule has 0 saturated carbocycles. The summed E-state index contributed by atoms with van der Waals surface area (Å²) in [6.45, 7) is 2.50. The predicted octanol–water partition coefficient (Wildman–Crippen LogP) is 3.51. The van der Waals surface area contributed by atoms with Gasteiger partial charge in [0.2, 0.25) is 11.8 Å². The third-order valence-electron chi connectivity index (χ3n) is 6.26. The molecule has 164 valence electrons. The van der Waals surface area contributed by atoms with Crippen LogP contribution in [-0.4, -0.2) is 43.5 Å². The van der Waals surface area contributed by atoms with Gasteiger partial charge in [-0.15, -0.1) is 5.10 Å². The van der Waals surface area contributed by atoms with Gasteiger partial charge in [-0.2, -0.15) is 0 Å². The van der Waals surface area contributed by atoms with Crippen LogP contribution in [0.2, 0.25) is 0 Å². The first-order valence-corrected chi connectivity index (χ1v) is 11.0. The van der Waals surface area contributed by atoms with Gasteiger partial charge in [0.05, 0.1) is 23.6 Å². The summed E-state index contributed by atoms with van der Waals surface area (Å²) in [4.78, 5) is 23.3. The molecule has 0 N–H and O–H groups in total. The Labute approximate surface area is 190 Å². The van der Waals surface area contributed by atoms with Crippen molar-refractivity contribution in [2.24, 2.45) is 0 Å². The van der Waals surface area contributed by atoms with Crippen LogP contribution in [0, 0.1) is 6.92 Å². The number of benzene rings is 1. The lowest BCUT2D eigenvalue weighted by atomic mass is 10.1.